The van der Waals surface area contributed by atoms with Crippen LogP contribution in [0.3, 0.4) is 0 Å². The van der Waals surface area contributed by atoms with Gasteiger partial charge in [-0.3, -0.25) is 10.1 Å². The molecule has 0 aliphatic heterocycles. The van der Waals surface area contributed by atoms with Crippen molar-refractivity contribution in [1.29, 1.82) is 0 Å². The van der Waals surface area contributed by atoms with Crippen molar-refractivity contribution in [2.75, 3.05) is 12.4 Å². The highest BCUT2D eigenvalue weighted by Crippen LogP contribution is 2.27. The molecule has 9 heteroatoms. The van der Waals surface area contributed by atoms with Crippen molar-refractivity contribution in [3.63, 3.8) is 0 Å². The van der Waals surface area contributed by atoms with Crippen LogP contribution in [-0.2, 0) is 4.74 Å². The van der Waals surface area contributed by atoms with Gasteiger partial charge in [0.15, 0.2) is 5.13 Å². The van der Waals surface area contributed by atoms with Gasteiger partial charge in [-0.1, -0.05) is 15.8 Å². The maximum Gasteiger partial charge on any atom is 0.337 e. The standard InChI is InChI=1S/C13H10N4O3S2/c1-6-10(22-17-16-6)11(18)15-13-14-8-4-3-7(12(19)20-2)5-9(8)21-13/h3-5H,1-2H3,(H,14,15,18). The lowest BCUT2D eigenvalue weighted by Crippen LogP contribution is -2.11. The number of fused-ring (bicyclic) bond motifs is 1. The summed E-state index contributed by atoms with van der Waals surface area (Å²) in [6, 6.07) is 5.04. The molecule has 0 aliphatic rings. The number of carbonyl (C=O) groups is 2. The first-order valence-electron chi connectivity index (χ1n) is 6.17. The highest BCUT2D eigenvalue weighted by Gasteiger charge is 2.16. The topological polar surface area (TPSA) is 94.1 Å². The molecule has 7 nitrogen and oxygen atoms in total. The van der Waals surface area contributed by atoms with Gasteiger partial charge in [0.05, 0.1) is 28.6 Å². The second-order valence-corrected chi connectivity index (χ2v) is 6.12. The molecule has 2 aromatic heterocycles. The molecule has 1 amide bonds. The molecular formula is C13H10N4O3S2. The van der Waals surface area contributed by atoms with Gasteiger partial charge < -0.3 is 4.74 Å². The number of nitrogens with zero attached hydrogens (tertiary/aromatic N) is 3. The number of aryl methyl sites for hydroxylation is 1. The van der Waals surface area contributed by atoms with Crippen LogP contribution in [0.1, 0.15) is 25.7 Å². The molecule has 2 heterocycles. The number of hydrogen-bond donors (Lipinski definition) is 1. The Balaban J connectivity index is 1.87. The van der Waals surface area contributed by atoms with E-state index in [1.807, 2.05) is 0 Å². The molecule has 1 N–H and O–H groups in total. The van der Waals surface area contributed by atoms with E-state index in [2.05, 4.69) is 24.6 Å². The number of esters is 1. The minimum atomic E-state index is -0.410. The van der Waals surface area contributed by atoms with Gasteiger partial charge in [0, 0.05) is 0 Å². The number of rotatable bonds is 3. The Bertz CT molecular complexity index is 871. The number of benzene rings is 1. The molecular weight excluding hydrogens is 324 g/mol. The maximum atomic E-state index is 12.1. The second-order valence-electron chi connectivity index (χ2n) is 4.33. The smallest absolute Gasteiger partial charge is 0.337 e. The lowest BCUT2D eigenvalue weighted by molar-refractivity contribution is 0.0601. The van der Waals surface area contributed by atoms with Crippen LogP contribution in [0.15, 0.2) is 18.2 Å². The van der Waals surface area contributed by atoms with Crippen molar-refractivity contribution in [2.45, 2.75) is 6.92 Å². The molecule has 0 saturated carbocycles. The third-order valence-corrected chi connectivity index (χ3v) is 4.65. The number of carbonyl (C=O) groups excluding carboxylic acids is 2. The van der Waals surface area contributed by atoms with E-state index in [1.54, 1.807) is 25.1 Å². The SMILES string of the molecule is COC(=O)c1ccc2nc(NC(=O)c3snnc3C)sc2c1. The number of amides is 1. The van der Waals surface area contributed by atoms with Crippen LogP contribution in [0.4, 0.5) is 5.13 Å². The average molecular weight is 334 g/mol. The van der Waals surface area contributed by atoms with Crippen LogP contribution in [0.2, 0.25) is 0 Å². The van der Waals surface area contributed by atoms with Gasteiger partial charge in [-0.25, -0.2) is 9.78 Å². The lowest BCUT2D eigenvalue weighted by atomic mass is 10.2. The molecule has 0 radical (unpaired) electrons. The number of hydrogen-bond acceptors (Lipinski definition) is 8. The third-order valence-electron chi connectivity index (χ3n) is 2.89. The molecule has 112 valence electrons. The van der Waals surface area contributed by atoms with Gasteiger partial charge in [-0.2, -0.15) is 0 Å². The normalized spacial score (nSPS) is 10.6. The summed E-state index contributed by atoms with van der Waals surface area (Å²) in [6.07, 6.45) is 0. The molecule has 0 atom stereocenters. The first kappa shape index (κ1) is 14.5. The number of anilines is 1. The zero-order valence-electron chi connectivity index (χ0n) is 11.6. The Morgan fingerprint density at radius 3 is 2.82 bits per heavy atom. The molecule has 0 aliphatic carbocycles. The van der Waals surface area contributed by atoms with Crippen molar-refractivity contribution < 1.29 is 14.3 Å². The van der Waals surface area contributed by atoms with Crippen LogP contribution in [0.5, 0.6) is 0 Å². The lowest BCUT2D eigenvalue weighted by Gasteiger charge is -1.97. The van der Waals surface area contributed by atoms with E-state index in [0.29, 0.717) is 26.8 Å². The van der Waals surface area contributed by atoms with Crippen LogP contribution >= 0.6 is 22.9 Å². The summed E-state index contributed by atoms with van der Waals surface area (Å²) < 4.78 is 9.20. The summed E-state index contributed by atoms with van der Waals surface area (Å²) in [5, 5.41) is 6.98. The summed E-state index contributed by atoms with van der Waals surface area (Å²) in [4.78, 5) is 28.4. The highest BCUT2D eigenvalue weighted by atomic mass is 32.1. The fourth-order valence-electron chi connectivity index (χ4n) is 1.82. The highest BCUT2D eigenvalue weighted by molar-refractivity contribution is 7.22. The zero-order chi connectivity index (χ0) is 15.7. The van der Waals surface area contributed by atoms with Gasteiger partial charge in [-0.15, -0.1) is 5.10 Å². The van der Waals surface area contributed by atoms with Crippen LogP contribution < -0.4 is 5.32 Å². The molecule has 0 spiro atoms. The summed E-state index contributed by atoms with van der Waals surface area (Å²) in [5.41, 5.74) is 1.72. The van der Waals surface area contributed by atoms with E-state index in [0.717, 1.165) is 16.2 Å². The summed E-state index contributed by atoms with van der Waals surface area (Å²) >= 11 is 2.32. The van der Waals surface area contributed by atoms with Crippen LogP contribution in [0, 0.1) is 6.92 Å². The van der Waals surface area contributed by atoms with Gasteiger partial charge in [0.2, 0.25) is 0 Å². The fraction of sp³-hybridized carbons (Fsp3) is 0.154. The molecule has 0 saturated heterocycles. The summed E-state index contributed by atoms with van der Waals surface area (Å²) in [7, 11) is 1.33. The Morgan fingerprint density at radius 2 is 2.14 bits per heavy atom. The quantitative estimate of drug-likeness (QED) is 0.740. The number of ether oxygens (including phenoxy) is 1. The van der Waals surface area contributed by atoms with Crippen molar-refractivity contribution >= 4 is 50.1 Å². The van der Waals surface area contributed by atoms with Crippen LogP contribution in [0.25, 0.3) is 10.2 Å². The van der Waals surface area contributed by atoms with E-state index >= 15 is 0 Å². The minimum absolute atomic E-state index is 0.292. The molecule has 22 heavy (non-hydrogen) atoms. The summed E-state index contributed by atoms with van der Waals surface area (Å²) in [5.74, 6) is -0.702. The summed E-state index contributed by atoms with van der Waals surface area (Å²) in [6.45, 7) is 1.72. The van der Waals surface area contributed by atoms with E-state index in [-0.39, 0.29) is 5.91 Å². The van der Waals surface area contributed by atoms with Crippen molar-refractivity contribution in [1.82, 2.24) is 14.6 Å². The predicted molar refractivity (Wildman–Crippen MR) is 83.6 cm³/mol. The van der Waals surface area contributed by atoms with E-state index in [9.17, 15) is 9.59 Å². The Labute approximate surface area is 133 Å². The second kappa shape index (κ2) is 5.78. The van der Waals surface area contributed by atoms with Gasteiger partial charge in [0.25, 0.3) is 5.91 Å². The fourth-order valence-corrected chi connectivity index (χ4v) is 3.27. The molecule has 0 unspecified atom stereocenters. The first-order chi connectivity index (χ1) is 10.6. The Hall–Kier alpha value is -2.39. The number of thiazole rings is 1. The van der Waals surface area contributed by atoms with Crippen LogP contribution in [-0.4, -0.2) is 33.6 Å². The number of nitrogens with one attached hydrogen (secondary N) is 1. The Morgan fingerprint density at radius 1 is 1.32 bits per heavy atom. The van der Waals surface area contributed by atoms with Gasteiger partial charge in [0.1, 0.15) is 4.88 Å². The molecule has 1 aromatic carbocycles. The van der Waals surface area contributed by atoms with Crippen molar-refractivity contribution in [3.05, 3.63) is 34.3 Å². The van der Waals surface area contributed by atoms with Crippen molar-refractivity contribution in [2.24, 2.45) is 0 Å². The van der Waals surface area contributed by atoms with Crippen molar-refractivity contribution in [3.8, 4) is 0 Å². The van der Waals surface area contributed by atoms with Gasteiger partial charge >= 0.3 is 5.97 Å². The molecule has 3 rings (SSSR count). The number of methoxy groups -OCH3 is 1. The zero-order valence-corrected chi connectivity index (χ0v) is 13.2. The Kier molecular flexibility index (Phi) is 3.82. The van der Waals surface area contributed by atoms with E-state index in [1.165, 1.54) is 18.4 Å². The molecule has 0 fully saturated rings. The number of aromatic nitrogens is 3. The van der Waals surface area contributed by atoms with E-state index < -0.39 is 5.97 Å². The maximum absolute atomic E-state index is 12.1. The minimum Gasteiger partial charge on any atom is -0.465 e. The molecule has 0 bridgehead atoms. The van der Waals surface area contributed by atoms with Gasteiger partial charge in [-0.05, 0) is 36.7 Å². The first-order valence-corrected chi connectivity index (χ1v) is 7.76. The van der Waals surface area contributed by atoms with E-state index in [4.69, 9.17) is 0 Å². The largest absolute Gasteiger partial charge is 0.465 e. The monoisotopic (exact) mass is 334 g/mol. The average Bonchev–Trinajstić information content (AvgIpc) is 3.10. The predicted octanol–water partition coefficient (Wildman–Crippen LogP) is 2.50. The molecule has 3 aromatic rings. The third kappa shape index (κ3) is 2.68.